The summed E-state index contributed by atoms with van der Waals surface area (Å²) in [5.41, 5.74) is 0.587. The summed E-state index contributed by atoms with van der Waals surface area (Å²) in [5, 5.41) is 0.777. The van der Waals surface area contributed by atoms with E-state index >= 15 is 0 Å². The summed E-state index contributed by atoms with van der Waals surface area (Å²) in [4.78, 5) is 17.3. The van der Waals surface area contributed by atoms with Gasteiger partial charge in [0.15, 0.2) is 5.15 Å². The number of aromatic nitrogens is 1. The Morgan fingerprint density at radius 2 is 2.31 bits per heavy atom. The predicted octanol–water partition coefficient (Wildman–Crippen LogP) is 2.67. The Labute approximate surface area is 109 Å². The quantitative estimate of drug-likeness (QED) is 0.666. The molecule has 0 radical (unpaired) electrons. The van der Waals surface area contributed by atoms with E-state index in [1.54, 1.807) is 11.0 Å². The van der Waals surface area contributed by atoms with Gasteiger partial charge in [0.2, 0.25) is 5.91 Å². The van der Waals surface area contributed by atoms with Crippen molar-refractivity contribution in [3.8, 4) is 0 Å². The van der Waals surface area contributed by atoms with E-state index in [9.17, 15) is 4.79 Å². The number of pyridine rings is 1. The molecule has 1 aliphatic heterocycles. The summed E-state index contributed by atoms with van der Waals surface area (Å²) >= 11 is 16.0. The maximum atomic E-state index is 11.8. The number of carbonyl (C=O) groups excluding carboxylic acids is 1. The molecule has 86 valence electrons. The zero-order valence-electron chi connectivity index (χ0n) is 8.36. The highest BCUT2D eigenvalue weighted by Gasteiger charge is 2.31. The van der Waals surface area contributed by atoms with E-state index in [-0.39, 0.29) is 11.8 Å². The molecule has 2 heterocycles. The van der Waals surface area contributed by atoms with Crippen LogP contribution in [0.5, 0.6) is 0 Å². The molecule has 1 atom stereocenters. The maximum Gasteiger partial charge on any atom is 0.227 e. The van der Waals surface area contributed by atoms with Gasteiger partial charge < -0.3 is 4.90 Å². The second kappa shape index (κ2) is 4.82. The van der Waals surface area contributed by atoms with E-state index in [2.05, 4.69) is 17.6 Å². The lowest BCUT2D eigenvalue weighted by Crippen LogP contribution is -2.25. The first kappa shape index (κ1) is 12.0. The van der Waals surface area contributed by atoms with Gasteiger partial charge in [-0.3, -0.25) is 4.79 Å². The Morgan fingerprint density at radius 3 is 2.94 bits per heavy atom. The van der Waals surface area contributed by atoms with Gasteiger partial charge in [0.25, 0.3) is 0 Å². The summed E-state index contributed by atoms with van der Waals surface area (Å²) in [6.45, 7) is 0.629. The Bertz CT molecular complexity index is 427. The summed E-state index contributed by atoms with van der Waals surface area (Å²) < 4.78 is 0. The molecule has 0 bridgehead atoms. The SMILES string of the molecule is O=C1CC(CS)CN1c1cc(Cl)cnc1Cl. The molecular weight excluding hydrogens is 267 g/mol. The van der Waals surface area contributed by atoms with Crippen molar-refractivity contribution in [1.82, 2.24) is 4.98 Å². The van der Waals surface area contributed by atoms with E-state index in [4.69, 9.17) is 23.2 Å². The van der Waals surface area contributed by atoms with Crippen LogP contribution in [0, 0.1) is 5.92 Å². The number of thiol groups is 1. The predicted molar refractivity (Wildman–Crippen MR) is 68.6 cm³/mol. The second-order valence-corrected chi connectivity index (χ2v) is 4.88. The lowest BCUT2D eigenvalue weighted by Gasteiger charge is -2.17. The fraction of sp³-hybridized carbons (Fsp3) is 0.400. The van der Waals surface area contributed by atoms with Crippen molar-refractivity contribution in [1.29, 1.82) is 0 Å². The molecule has 1 saturated heterocycles. The first-order valence-corrected chi connectivity index (χ1v) is 6.23. The highest BCUT2D eigenvalue weighted by atomic mass is 35.5. The molecule has 6 heteroatoms. The second-order valence-electron chi connectivity index (χ2n) is 3.72. The average molecular weight is 277 g/mol. The van der Waals surface area contributed by atoms with Crippen molar-refractivity contribution in [3.63, 3.8) is 0 Å². The molecule has 0 aliphatic carbocycles. The number of hydrogen-bond acceptors (Lipinski definition) is 3. The average Bonchev–Trinajstić information content (AvgIpc) is 2.63. The number of halogens is 2. The minimum atomic E-state index is 0.0463. The van der Waals surface area contributed by atoms with Crippen LogP contribution < -0.4 is 4.90 Å². The van der Waals surface area contributed by atoms with Crippen LogP contribution in [-0.2, 0) is 4.79 Å². The van der Waals surface area contributed by atoms with Crippen LogP contribution in [0.25, 0.3) is 0 Å². The number of nitrogens with zero attached hydrogens (tertiary/aromatic N) is 2. The highest BCUT2D eigenvalue weighted by Crippen LogP contribution is 2.31. The number of carbonyl (C=O) groups is 1. The van der Waals surface area contributed by atoms with E-state index in [0.717, 1.165) is 0 Å². The molecule has 0 saturated carbocycles. The van der Waals surface area contributed by atoms with Crippen molar-refractivity contribution in [2.75, 3.05) is 17.2 Å². The number of anilines is 1. The van der Waals surface area contributed by atoms with Gasteiger partial charge in [-0.15, -0.1) is 0 Å². The molecule has 1 amide bonds. The van der Waals surface area contributed by atoms with Crippen LogP contribution in [0.1, 0.15) is 6.42 Å². The third-order valence-electron chi connectivity index (χ3n) is 2.54. The van der Waals surface area contributed by atoms with Crippen molar-refractivity contribution in [3.05, 3.63) is 22.4 Å². The molecule has 1 unspecified atom stereocenters. The van der Waals surface area contributed by atoms with Gasteiger partial charge in [0.05, 0.1) is 10.7 Å². The van der Waals surface area contributed by atoms with E-state index in [0.29, 0.717) is 34.6 Å². The van der Waals surface area contributed by atoms with Gasteiger partial charge in [0.1, 0.15) is 0 Å². The van der Waals surface area contributed by atoms with Crippen molar-refractivity contribution in [2.24, 2.45) is 5.92 Å². The monoisotopic (exact) mass is 276 g/mol. The largest absolute Gasteiger partial charge is 0.309 e. The molecular formula is C10H10Cl2N2OS. The number of amides is 1. The molecule has 1 aromatic rings. The molecule has 0 aromatic carbocycles. The molecule has 16 heavy (non-hydrogen) atoms. The normalized spacial score (nSPS) is 20.6. The van der Waals surface area contributed by atoms with Crippen molar-refractivity contribution >= 4 is 47.4 Å². The van der Waals surface area contributed by atoms with Gasteiger partial charge >= 0.3 is 0 Å². The Balaban J connectivity index is 2.30. The fourth-order valence-electron chi connectivity index (χ4n) is 1.74. The standard InChI is InChI=1S/C10H10Cl2N2OS/c11-7-2-8(10(12)13-3-7)14-4-6(5-16)1-9(14)15/h2-3,6,16H,1,4-5H2. The zero-order valence-corrected chi connectivity index (χ0v) is 10.8. The summed E-state index contributed by atoms with van der Waals surface area (Å²) in [7, 11) is 0. The van der Waals surface area contributed by atoms with E-state index < -0.39 is 0 Å². The maximum absolute atomic E-state index is 11.8. The summed E-state index contributed by atoms with van der Waals surface area (Å²) in [5.74, 6) is 1.00. The topological polar surface area (TPSA) is 33.2 Å². The molecule has 0 spiro atoms. The third-order valence-corrected chi connectivity index (χ3v) is 3.56. The minimum absolute atomic E-state index is 0.0463. The molecule has 1 aromatic heterocycles. The Morgan fingerprint density at radius 1 is 1.56 bits per heavy atom. The van der Waals surface area contributed by atoms with Gasteiger partial charge in [-0.25, -0.2) is 4.98 Å². The van der Waals surface area contributed by atoms with Crippen molar-refractivity contribution < 1.29 is 4.79 Å². The smallest absolute Gasteiger partial charge is 0.227 e. The summed E-state index contributed by atoms with van der Waals surface area (Å²) in [6.07, 6.45) is 1.97. The van der Waals surface area contributed by atoms with Crippen LogP contribution >= 0.6 is 35.8 Å². The van der Waals surface area contributed by atoms with Gasteiger partial charge in [-0.1, -0.05) is 23.2 Å². The van der Waals surface area contributed by atoms with Crippen molar-refractivity contribution in [2.45, 2.75) is 6.42 Å². The number of hydrogen-bond donors (Lipinski definition) is 1. The highest BCUT2D eigenvalue weighted by molar-refractivity contribution is 7.80. The Kier molecular flexibility index (Phi) is 3.62. The molecule has 0 N–H and O–H groups in total. The lowest BCUT2D eigenvalue weighted by atomic mass is 10.1. The van der Waals surface area contributed by atoms with Crippen LogP contribution in [0.4, 0.5) is 5.69 Å². The van der Waals surface area contributed by atoms with Gasteiger partial charge in [0, 0.05) is 19.2 Å². The van der Waals surface area contributed by atoms with E-state index in [1.807, 2.05) is 0 Å². The Hall–Kier alpha value is -0.450. The number of rotatable bonds is 2. The molecule has 3 nitrogen and oxygen atoms in total. The van der Waals surface area contributed by atoms with Gasteiger partial charge in [-0.2, -0.15) is 12.6 Å². The molecule has 1 aliphatic rings. The summed E-state index contributed by atoms with van der Waals surface area (Å²) in [6, 6.07) is 1.66. The third kappa shape index (κ3) is 2.29. The molecule has 1 fully saturated rings. The lowest BCUT2D eigenvalue weighted by molar-refractivity contribution is -0.117. The van der Waals surface area contributed by atoms with Crippen LogP contribution in [-0.4, -0.2) is 23.2 Å². The van der Waals surface area contributed by atoms with Crippen LogP contribution in [0.15, 0.2) is 12.3 Å². The molecule has 2 rings (SSSR count). The zero-order chi connectivity index (χ0) is 11.7. The van der Waals surface area contributed by atoms with Crippen LogP contribution in [0.2, 0.25) is 10.2 Å². The minimum Gasteiger partial charge on any atom is -0.309 e. The van der Waals surface area contributed by atoms with Gasteiger partial charge in [-0.05, 0) is 17.7 Å². The van der Waals surface area contributed by atoms with E-state index in [1.165, 1.54) is 6.20 Å². The first-order valence-electron chi connectivity index (χ1n) is 4.84. The first-order chi connectivity index (χ1) is 7.61. The fourth-order valence-corrected chi connectivity index (χ4v) is 2.34. The van der Waals surface area contributed by atoms with Crippen LogP contribution in [0.3, 0.4) is 0 Å².